The lowest BCUT2D eigenvalue weighted by molar-refractivity contribution is -0.116. The van der Waals surface area contributed by atoms with Gasteiger partial charge >= 0.3 is 0 Å². The minimum Gasteiger partial charge on any atom is -0.497 e. The van der Waals surface area contributed by atoms with Crippen molar-refractivity contribution in [2.45, 2.75) is 6.42 Å². The van der Waals surface area contributed by atoms with E-state index in [0.717, 1.165) is 4.47 Å². The second-order valence-electron chi connectivity index (χ2n) is 5.13. The highest BCUT2D eigenvalue weighted by Crippen LogP contribution is 2.24. The van der Waals surface area contributed by atoms with Gasteiger partial charge in [0, 0.05) is 29.2 Å². The highest BCUT2D eigenvalue weighted by molar-refractivity contribution is 9.10. The Morgan fingerprint density at radius 3 is 2.40 bits per heavy atom. The summed E-state index contributed by atoms with van der Waals surface area (Å²) < 4.78 is 11.2. The Morgan fingerprint density at radius 2 is 1.76 bits per heavy atom. The average molecular weight is 407 g/mol. The molecule has 2 rings (SSSR count). The molecule has 2 N–H and O–H groups in total. The first-order valence-electron chi connectivity index (χ1n) is 7.59. The van der Waals surface area contributed by atoms with Crippen molar-refractivity contribution < 1.29 is 19.1 Å². The molecule has 25 heavy (non-hydrogen) atoms. The van der Waals surface area contributed by atoms with Gasteiger partial charge in [0.25, 0.3) is 5.91 Å². The van der Waals surface area contributed by atoms with E-state index in [9.17, 15) is 9.59 Å². The zero-order chi connectivity index (χ0) is 18.2. The zero-order valence-corrected chi connectivity index (χ0v) is 15.6. The Morgan fingerprint density at radius 1 is 1.04 bits per heavy atom. The van der Waals surface area contributed by atoms with Gasteiger partial charge in [0.1, 0.15) is 11.5 Å². The standard InChI is InChI=1S/C18H19BrN2O4/c1-24-14-7-8-15(16(11-14)25-2)18(23)20-10-9-17(22)21-13-5-3-12(19)4-6-13/h3-8,11H,9-10H2,1-2H3,(H,20,23)(H,21,22). The van der Waals surface area contributed by atoms with E-state index < -0.39 is 0 Å². The van der Waals surface area contributed by atoms with Crippen molar-refractivity contribution in [3.63, 3.8) is 0 Å². The van der Waals surface area contributed by atoms with Crippen LogP contribution in [0.2, 0.25) is 0 Å². The van der Waals surface area contributed by atoms with Crippen molar-refractivity contribution in [2.75, 3.05) is 26.1 Å². The maximum Gasteiger partial charge on any atom is 0.255 e. The Labute approximate surface area is 154 Å². The number of amides is 2. The largest absolute Gasteiger partial charge is 0.497 e. The maximum absolute atomic E-state index is 12.2. The third-order valence-electron chi connectivity index (χ3n) is 3.42. The SMILES string of the molecule is COc1ccc(C(=O)NCCC(=O)Nc2ccc(Br)cc2)c(OC)c1. The molecule has 0 atom stereocenters. The summed E-state index contributed by atoms with van der Waals surface area (Å²) in [4.78, 5) is 24.1. The summed E-state index contributed by atoms with van der Waals surface area (Å²) in [5, 5.41) is 5.48. The number of methoxy groups -OCH3 is 2. The van der Waals surface area contributed by atoms with Gasteiger partial charge in [-0.05, 0) is 36.4 Å². The van der Waals surface area contributed by atoms with E-state index in [1.807, 2.05) is 12.1 Å². The van der Waals surface area contributed by atoms with Crippen LogP contribution in [0.1, 0.15) is 16.8 Å². The number of carbonyl (C=O) groups excluding carboxylic acids is 2. The number of rotatable bonds is 7. The molecule has 0 aromatic heterocycles. The van der Waals surface area contributed by atoms with Crippen LogP contribution >= 0.6 is 15.9 Å². The van der Waals surface area contributed by atoms with E-state index >= 15 is 0 Å². The number of benzene rings is 2. The monoisotopic (exact) mass is 406 g/mol. The molecule has 0 aliphatic heterocycles. The zero-order valence-electron chi connectivity index (χ0n) is 14.0. The van der Waals surface area contributed by atoms with E-state index in [4.69, 9.17) is 9.47 Å². The minimum absolute atomic E-state index is 0.167. The number of carbonyl (C=O) groups is 2. The summed E-state index contributed by atoms with van der Waals surface area (Å²) in [6, 6.07) is 12.2. The van der Waals surface area contributed by atoms with Crippen LogP contribution in [0.15, 0.2) is 46.9 Å². The second-order valence-corrected chi connectivity index (χ2v) is 6.04. The van der Waals surface area contributed by atoms with E-state index in [-0.39, 0.29) is 24.8 Å². The van der Waals surface area contributed by atoms with Gasteiger partial charge in [-0.1, -0.05) is 15.9 Å². The van der Waals surface area contributed by atoms with Gasteiger partial charge < -0.3 is 20.1 Å². The molecule has 0 bridgehead atoms. The van der Waals surface area contributed by atoms with Gasteiger partial charge in [0.2, 0.25) is 5.91 Å². The summed E-state index contributed by atoms with van der Waals surface area (Å²) in [5.74, 6) is 0.527. The smallest absolute Gasteiger partial charge is 0.255 e. The minimum atomic E-state index is -0.309. The molecule has 2 amide bonds. The Bertz CT molecular complexity index is 747. The van der Waals surface area contributed by atoms with Crippen molar-refractivity contribution in [3.05, 3.63) is 52.5 Å². The number of nitrogens with one attached hydrogen (secondary N) is 2. The number of ether oxygens (including phenoxy) is 2. The predicted octanol–water partition coefficient (Wildman–Crippen LogP) is 3.22. The van der Waals surface area contributed by atoms with Crippen molar-refractivity contribution in [1.82, 2.24) is 5.32 Å². The van der Waals surface area contributed by atoms with Gasteiger partial charge in [0.15, 0.2) is 0 Å². The van der Waals surface area contributed by atoms with Gasteiger partial charge in [0.05, 0.1) is 19.8 Å². The molecule has 0 heterocycles. The van der Waals surface area contributed by atoms with E-state index in [0.29, 0.717) is 22.7 Å². The fraction of sp³-hybridized carbons (Fsp3) is 0.222. The van der Waals surface area contributed by atoms with Crippen LogP contribution in [-0.4, -0.2) is 32.6 Å². The van der Waals surface area contributed by atoms with Crippen LogP contribution in [0.3, 0.4) is 0 Å². The highest BCUT2D eigenvalue weighted by Gasteiger charge is 2.13. The summed E-state index contributed by atoms with van der Waals surface area (Å²) in [7, 11) is 3.02. The first-order valence-corrected chi connectivity index (χ1v) is 8.38. The molecule has 2 aromatic rings. The van der Waals surface area contributed by atoms with Gasteiger partial charge in [-0.3, -0.25) is 9.59 Å². The quantitative estimate of drug-likeness (QED) is 0.739. The normalized spacial score (nSPS) is 10.0. The summed E-state index contributed by atoms with van der Waals surface area (Å²) in [6.07, 6.45) is 0.167. The molecule has 0 spiro atoms. The van der Waals surface area contributed by atoms with Crippen LogP contribution < -0.4 is 20.1 Å². The van der Waals surface area contributed by atoms with Crippen LogP contribution in [-0.2, 0) is 4.79 Å². The van der Waals surface area contributed by atoms with Gasteiger partial charge in [-0.25, -0.2) is 0 Å². The fourth-order valence-corrected chi connectivity index (χ4v) is 2.39. The van der Waals surface area contributed by atoms with Crippen molar-refractivity contribution >= 4 is 33.4 Å². The lowest BCUT2D eigenvalue weighted by atomic mass is 10.1. The molecule has 0 radical (unpaired) electrons. The van der Waals surface area contributed by atoms with Crippen LogP contribution in [0.25, 0.3) is 0 Å². The van der Waals surface area contributed by atoms with E-state index in [2.05, 4.69) is 26.6 Å². The van der Waals surface area contributed by atoms with Gasteiger partial charge in [-0.2, -0.15) is 0 Å². The number of hydrogen-bond acceptors (Lipinski definition) is 4. The summed E-state index contributed by atoms with van der Waals surface area (Å²) >= 11 is 3.33. The molecule has 0 saturated carbocycles. The number of halogens is 1. The van der Waals surface area contributed by atoms with Crippen molar-refractivity contribution in [1.29, 1.82) is 0 Å². The number of anilines is 1. The van der Waals surface area contributed by atoms with E-state index in [1.54, 1.807) is 37.4 Å². The lowest BCUT2D eigenvalue weighted by Crippen LogP contribution is -2.28. The third kappa shape index (κ3) is 5.49. The first kappa shape index (κ1) is 18.8. The molecule has 0 aliphatic carbocycles. The predicted molar refractivity (Wildman–Crippen MR) is 99.3 cm³/mol. The number of hydrogen-bond donors (Lipinski definition) is 2. The molecule has 0 unspecified atom stereocenters. The van der Waals surface area contributed by atoms with Crippen LogP contribution in [0, 0.1) is 0 Å². The van der Waals surface area contributed by atoms with Crippen LogP contribution in [0.5, 0.6) is 11.5 Å². The maximum atomic E-state index is 12.2. The molecular weight excluding hydrogens is 388 g/mol. The molecule has 0 fully saturated rings. The molecule has 2 aromatic carbocycles. The third-order valence-corrected chi connectivity index (χ3v) is 3.95. The van der Waals surface area contributed by atoms with E-state index in [1.165, 1.54) is 7.11 Å². The molecule has 132 valence electrons. The highest BCUT2D eigenvalue weighted by atomic mass is 79.9. The van der Waals surface area contributed by atoms with Crippen molar-refractivity contribution in [2.24, 2.45) is 0 Å². The first-order chi connectivity index (χ1) is 12.0. The Hall–Kier alpha value is -2.54. The van der Waals surface area contributed by atoms with Crippen LogP contribution in [0.4, 0.5) is 5.69 Å². The topological polar surface area (TPSA) is 76.7 Å². The molecule has 7 heteroatoms. The fourth-order valence-electron chi connectivity index (χ4n) is 2.13. The lowest BCUT2D eigenvalue weighted by Gasteiger charge is -2.11. The Balaban J connectivity index is 1.85. The molecule has 0 aliphatic rings. The molecular formula is C18H19BrN2O4. The van der Waals surface area contributed by atoms with Crippen molar-refractivity contribution in [3.8, 4) is 11.5 Å². The van der Waals surface area contributed by atoms with Gasteiger partial charge in [-0.15, -0.1) is 0 Å². The second kappa shape index (κ2) is 9.08. The molecule has 6 nitrogen and oxygen atoms in total. The summed E-state index contributed by atoms with van der Waals surface area (Å²) in [6.45, 7) is 0.219. The Kier molecular flexibility index (Phi) is 6.82. The molecule has 0 saturated heterocycles. The summed E-state index contributed by atoms with van der Waals surface area (Å²) in [5.41, 5.74) is 1.09. The average Bonchev–Trinajstić information content (AvgIpc) is 2.62.